The second-order valence-electron chi connectivity index (χ2n) is 22.6. The van der Waals surface area contributed by atoms with E-state index in [0.29, 0.717) is 0 Å². The molecule has 350 valence electrons. The number of anilines is 3. The first kappa shape index (κ1) is 45.0. The zero-order chi connectivity index (χ0) is 48.9. The van der Waals surface area contributed by atoms with Crippen molar-refractivity contribution in [2.75, 3.05) is 4.90 Å². The van der Waals surface area contributed by atoms with Crippen LogP contribution in [-0.4, -0.2) is 0 Å². The number of hydrogen-bond acceptors (Lipinski definition) is 1. The Hall–Kier alpha value is -7.22. The van der Waals surface area contributed by atoms with Gasteiger partial charge in [-0.1, -0.05) is 232 Å². The van der Waals surface area contributed by atoms with Crippen molar-refractivity contribution >= 4 is 17.1 Å². The maximum atomic E-state index is 2.56. The van der Waals surface area contributed by atoms with Crippen LogP contribution in [0.15, 0.2) is 200 Å². The summed E-state index contributed by atoms with van der Waals surface area (Å²) < 4.78 is 0. The van der Waals surface area contributed by atoms with Crippen LogP contribution in [0.4, 0.5) is 17.1 Å². The van der Waals surface area contributed by atoms with Crippen LogP contribution < -0.4 is 4.90 Å². The van der Waals surface area contributed by atoms with E-state index in [1.54, 1.807) is 0 Å². The normalized spacial score (nSPS) is 15.7. The van der Waals surface area contributed by atoms with Gasteiger partial charge < -0.3 is 4.90 Å². The van der Waals surface area contributed by atoms with Crippen molar-refractivity contribution in [1.29, 1.82) is 0 Å². The molecule has 0 bridgehead atoms. The summed E-state index contributed by atoms with van der Waals surface area (Å²) >= 11 is 0. The highest BCUT2D eigenvalue weighted by Gasteiger charge is 2.52. The first-order valence-corrected chi connectivity index (χ1v) is 26.2. The molecule has 9 aromatic carbocycles. The summed E-state index contributed by atoms with van der Waals surface area (Å²) in [6.07, 6.45) is 4.34. The van der Waals surface area contributed by atoms with Gasteiger partial charge in [0.1, 0.15) is 0 Å². The molecule has 1 heteroatoms. The van der Waals surface area contributed by atoms with Crippen LogP contribution in [-0.2, 0) is 34.5 Å². The monoisotopic (exact) mass is 920 g/mol. The van der Waals surface area contributed by atoms with Gasteiger partial charge in [-0.15, -0.1) is 0 Å². The van der Waals surface area contributed by atoms with Crippen LogP contribution in [0.25, 0.3) is 33.4 Å². The molecular weight excluding hydrogens is 855 g/mol. The molecule has 12 rings (SSSR count). The van der Waals surface area contributed by atoms with E-state index in [2.05, 4.69) is 260 Å². The molecule has 3 aliphatic carbocycles. The Morgan fingerprint density at radius 2 is 0.690 bits per heavy atom. The lowest BCUT2D eigenvalue weighted by Gasteiger charge is -2.36. The average molecular weight is 920 g/mol. The maximum absolute atomic E-state index is 2.56. The molecule has 0 radical (unpaired) electrons. The second-order valence-corrected chi connectivity index (χ2v) is 22.6. The van der Waals surface area contributed by atoms with Gasteiger partial charge in [0.15, 0.2) is 0 Å². The lowest BCUT2D eigenvalue weighted by molar-refractivity contribution is 0.588. The third-order valence-corrected chi connectivity index (χ3v) is 16.3. The number of rotatable bonds is 9. The molecule has 0 N–H and O–H groups in total. The van der Waals surface area contributed by atoms with Gasteiger partial charge in [0.2, 0.25) is 0 Å². The van der Waals surface area contributed by atoms with Gasteiger partial charge >= 0.3 is 0 Å². The number of benzene rings is 9. The number of fused-ring (bicyclic) bond motifs is 13. The van der Waals surface area contributed by atoms with E-state index in [0.717, 1.165) is 42.7 Å². The fraction of sp³-hybridized carbons (Fsp3) is 0.229. The fourth-order valence-electron chi connectivity index (χ4n) is 13.0. The van der Waals surface area contributed by atoms with Crippen molar-refractivity contribution in [2.24, 2.45) is 0 Å². The topological polar surface area (TPSA) is 3.24 Å². The number of para-hydroxylation sites is 1. The number of hydrogen-bond donors (Lipinski definition) is 0. The Labute approximate surface area is 422 Å². The third-order valence-electron chi connectivity index (χ3n) is 16.3. The Bertz CT molecular complexity index is 3430. The van der Waals surface area contributed by atoms with Crippen LogP contribution in [0.2, 0.25) is 0 Å². The Morgan fingerprint density at radius 1 is 0.324 bits per heavy atom. The smallest absolute Gasteiger partial charge is 0.0726 e. The highest BCUT2D eigenvalue weighted by molar-refractivity contribution is 5.97. The van der Waals surface area contributed by atoms with E-state index in [9.17, 15) is 0 Å². The zero-order valence-corrected chi connectivity index (χ0v) is 42.8. The highest BCUT2D eigenvalue weighted by Crippen LogP contribution is 2.64. The molecule has 0 saturated heterocycles. The molecule has 3 aliphatic rings. The third kappa shape index (κ3) is 6.79. The van der Waals surface area contributed by atoms with Gasteiger partial charge in [0, 0.05) is 17.1 Å². The van der Waals surface area contributed by atoms with E-state index in [-0.39, 0.29) is 10.8 Å². The van der Waals surface area contributed by atoms with Gasteiger partial charge in [-0.2, -0.15) is 0 Å². The Morgan fingerprint density at radius 3 is 1.13 bits per heavy atom. The quantitative estimate of drug-likeness (QED) is 0.139. The van der Waals surface area contributed by atoms with Gasteiger partial charge in [-0.25, -0.2) is 0 Å². The van der Waals surface area contributed by atoms with Crippen molar-refractivity contribution < 1.29 is 0 Å². The summed E-state index contributed by atoms with van der Waals surface area (Å²) in [4.78, 5) is 2.52. The first-order chi connectivity index (χ1) is 34.4. The molecule has 71 heavy (non-hydrogen) atoms. The lowest BCUT2D eigenvalue weighted by atomic mass is 9.67. The van der Waals surface area contributed by atoms with Crippen LogP contribution in [0.1, 0.15) is 135 Å². The highest BCUT2D eigenvalue weighted by atomic mass is 15.1. The van der Waals surface area contributed by atoms with Gasteiger partial charge in [-0.05, 0) is 160 Å². The molecule has 1 unspecified atom stereocenters. The number of aryl methyl sites for hydroxylation is 2. The average Bonchev–Trinajstić information content (AvgIpc) is 3.97. The molecule has 0 heterocycles. The summed E-state index contributed by atoms with van der Waals surface area (Å²) in [5, 5.41) is 0. The second kappa shape index (κ2) is 16.7. The van der Waals surface area contributed by atoms with E-state index < -0.39 is 10.8 Å². The van der Waals surface area contributed by atoms with Crippen LogP contribution >= 0.6 is 0 Å². The minimum absolute atomic E-state index is 0.0307. The minimum Gasteiger partial charge on any atom is -0.310 e. The largest absolute Gasteiger partial charge is 0.310 e. The fourth-order valence-corrected chi connectivity index (χ4v) is 13.0. The predicted molar refractivity (Wildman–Crippen MR) is 300 cm³/mol. The van der Waals surface area contributed by atoms with Crippen molar-refractivity contribution in [3.63, 3.8) is 0 Å². The molecule has 0 aliphatic heterocycles. The van der Waals surface area contributed by atoms with Crippen LogP contribution in [0.5, 0.6) is 0 Å². The molecule has 0 aromatic heterocycles. The lowest BCUT2D eigenvalue weighted by Crippen LogP contribution is -2.29. The molecule has 0 amide bonds. The van der Waals surface area contributed by atoms with E-state index in [1.165, 1.54) is 100 Å². The van der Waals surface area contributed by atoms with Crippen LogP contribution in [0, 0.1) is 0 Å². The van der Waals surface area contributed by atoms with E-state index >= 15 is 0 Å². The van der Waals surface area contributed by atoms with E-state index in [1.807, 2.05) is 0 Å². The van der Waals surface area contributed by atoms with E-state index in [4.69, 9.17) is 0 Å². The SMILES string of the molecule is CCCc1ccc2c(c1)C1(c3ccccc3-2)c2cc(CCC)ccc2-c2ccc(N(c3ccccc3)c3ccc4c(c3)C(c3ccc(C(C)(C)C)cc3)(c3ccc(C(C)(C)C)cc3)c3ccccc3-4)cc21. The van der Waals surface area contributed by atoms with Crippen molar-refractivity contribution in [2.45, 2.75) is 103 Å². The molecule has 0 fully saturated rings. The molecule has 1 nitrogen and oxygen atoms in total. The molecular formula is C70H65N. The molecule has 1 spiro atoms. The van der Waals surface area contributed by atoms with Crippen molar-refractivity contribution in [1.82, 2.24) is 0 Å². The molecule has 0 saturated carbocycles. The molecule has 9 aromatic rings. The summed E-state index contributed by atoms with van der Waals surface area (Å²) in [6, 6.07) is 78.0. The zero-order valence-electron chi connectivity index (χ0n) is 42.8. The van der Waals surface area contributed by atoms with Crippen LogP contribution in [0.3, 0.4) is 0 Å². The van der Waals surface area contributed by atoms with Gasteiger partial charge in [0.25, 0.3) is 0 Å². The minimum atomic E-state index is -0.565. The summed E-state index contributed by atoms with van der Waals surface area (Å²) in [7, 11) is 0. The Balaban J connectivity index is 1.12. The first-order valence-electron chi connectivity index (χ1n) is 26.2. The predicted octanol–water partition coefficient (Wildman–Crippen LogP) is 18.4. The summed E-state index contributed by atoms with van der Waals surface area (Å²) in [6.45, 7) is 18.5. The van der Waals surface area contributed by atoms with Crippen molar-refractivity contribution in [3.8, 4) is 33.4 Å². The summed E-state index contributed by atoms with van der Waals surface area (Å²) in [5.74, 6) is 0. The molecule has 1 atom stereocenters. The van der Waals surface area contributed by atoms with Gasteiger partial charge in [-0.3, -0.25) is 0 Å². The van der Waals surface area contributed by atoms with Crippen molar-refractivity contribution in [3.05, 3.63) is 267 Å². The summed E-state index contributed by atoms with van der Waals surface area (Å²) in [5.41, 5.74) is 26.6. The van der Waals surface area contributed by atoms with Gasteiger partial charge in [0.05, 0.1) is 10.8 Å². The number of nitrogens with zero attached hydrogens (tertiary/aromatic N) is 1. The Kier molecular flexibility index (Phi) is 10.6. The maximum Gasteiger partial charge on any atom is 0.0726 e. The standard InChI is InChI=1S/C70H65N/c1-9-18-46-26-38-57-56-23-15-17-25-62(56)70(63(57)42-46)64-43-47(19-10-2)27-39-58(64)60-41-37-54(45-66(60)70)71(52-20-12-11-13-21-52)53-36-40-59-55-22-14-16-24-61(55)69(65(59)44-53,50-32-28-48(29-33-50)67(3,4)5)51-34-30-49(31-35-51)68(6,7)8/h11-17,20-45H,9-10,18-19H2,1-8H3.